The SMILES string of the molecule is CC(=O)Nc1c(Cl)ccc(Cl)c1COc1cccc2cnccc12. The van der Waals surface area contributed by atoms with Gasteiger partial charge < -0.3 is 10.1 Å². The lowest BCUT2D eigenvalue weighted by Crippen LogP contribution is -2.10. The summed E-state index contributed by atoms with van der Waals surface area (Å²) < 4.78 is 5.94. The van der Waals surface area contributed by atoms with Crippen molar-refractivity contribution in [3.63, 3.8) is 0 Å². The molecule has 2 aromatic carbocycles. The number of hydrogen-bond acceptors (Lipinski definition) is 3. The van der Waals surface area contributed by atoms with Gasteiger partial charge in [0.05, 0.1) is 10.7 Å². The maximum absolute atomic E-state index is 11.4. The molecule has 0 spiro atoms. The van der Waals surface area contributed by atoms with Crippen molar-refractivity contribution in [1.82, 2.24) is 4.98 Å². The number of carbonyl (C=O) groups is 1. The van der Waals surface area contributed by atoms with Crippen molar-refractivity contribution in [2.75, 3.05) is 5.32 Å². The van der Waals surface area contributed by atoms with Crippen molar-refractivity contribution in [2.24, 2.45) is 0 Å². The number of anilines is 1. The van der Waals surface area contributed by atoms with Crippen LogP contribution in [0, 0.1) is 0 Å². The molecule has 0 saturated heterocycles. The number of aromatic nitrogens is 1. The smallest absolute Gasteiger partial charge is 0.221 e. The maximum Gasteiger partial charge on any atom is 0.221 e. The number of halogens is 2. The lowest BCUT2D eigenvalue weighted by atomic mass is 10.1. The summed E-state index contributed by atoms with van der Waals surface area (Å²) in [6, 6.07) is 10.9. The minimum atomic E-state index is -0.225. The molecule has 1 aromatic heterocycles. The fourth-order valence-electron chi connectivity index (χ4n) is 2.41. The van der Waals surface area contributed by atoms with E-state index in [0.29, 0.717) is 27.0 Å². The second kappa shape index (κ2) is 7.07. The van der Waals surface area contributed by atoms with Gasteiger partial charge in [0, 0.05) is 40.7 Å². The predicted octanol–water partition coefficient (Wildman–Crippen LogP) is 5.08. The fraction of sp³-hybridized carbons (Fsp3) is 0.111. The normalized spacial score (nSPS) is 10.6. The zero-order valence-corrected chi connectivity index (χ0v) is 14.4. The van der Waals surface area contributed by atoms with Crippen molar-refractivity contribution < 1.29 is 9.53 Å². The molecule has 1 amide bonds. The van der Waals surface area contributed by atoms with Gasteiger partial charge >= 0.3 is 0 Å². The minimum absolute atomic E-state index is 0.177. The minimum Gasteiger partial charge on any atom is -0.488 e. The maximum atomic E-state index is 11.4. The van der Waals surface area contributed by atoms with E-state index in [9.17, 15) is 4.79 Å². The van der Waals surface area contributed by atoms with E-state index in [4.69, 9.17) is 27.9 Å². The van der Waals surface area contributed by atoms with Crippen LogP contribution in [-0.4, -0.2) is 10.9 Å². The van der Waals surface area contributed by atoms with Crippen molar-refractivity contribution >= 4 is 45.6 Å². The number of ether oxygens (including phenoxy) is 1. The van der Waals surface area contributed by atoms with Gasteiger partial charge in [-0.2, -0.15) is 0 Å². The molecule has 0 bridgehead atoms. The van der Waals surface area contributed by atoms with Crippen LogP contribution in [0.25, 0.3) is 10.8 Å². The predicted molar refractivity (Wildman–Crippen MR) is 96.8 cm³/mol. The Morgan fingerprint density at radius 2 is 1.96 bits per heavy atom. The van der Waals surface area contributed by atoms with Crippen LogP contribution in [0.4, 0.5) is 5.69 Å². The summed E-state index contributed by atoms with van der Waals surface area (Å²) >= 11 is 12.5. The van der Waals surface area contributed by atoms with E-state index in [1.165, 1.54) is 6.92 Å². The first kappa shape index (κ1) is 16.6. The van der Waals surface area contributed by atoms with Crippen LogP contribution in [0.15, 0.2) is 48.8 Å². The molecule has 0 aliphatic rings. The van der Waals surface area contributed by atoms with Gasteiger partial charge in [-0.1, -0.05) is 35.3 Å². The van der Waals surface area contributed by atoms with E-state index in [1.807, 2.05) is 24.3 Å². The fourth-order valence-corrected chi connectivity index (χ4v) is 2.85. The molecule has 4 nitrogen and oxygen atoms in total. The third-order valence-corrected chi connectivity index (χ3v) is 4.19. The molecule has 0 aliphatic heterocycles. The van der Waals surface area contributed by atoms with Gasteiger partial charge in [0.25, 0.3) is 0 Å². The highest BCUT2D eigenvalue weighted by Crippen LogP contribution is 2.34. The van der Waals surface area contributed by atoms with Crippen molar-refractivity contribution in [2.45, 2.75) is 13.5 Å². The van der Waals surface area contributed by atoms with Crippen molar-refractivity contribution in [3.8, 4) is 5.75 Å². The van der Waals surface area contributed by atoms with Crippen LogP contribution in [0.1, 0.15) is 12.5 Å². The molecule has 1 N–H and O–H groups in total. The van der Waals surface area contributed by atoms with Crippen LogP contribution >= 0.6 is 23.2 Å². The molecule has 6 heteroatoms. The van der Waals surface area contributed by atoms with Gasteiger partial charge in [-0.3, -0.25) is 9.78 Å². The van der Waals surface area contributed by atoms with Crippen molar-refractivity contribution in [3.05, 3.63) is 64.4 Å². The molecule has 3 rings (SSSR count). The second-order valence-corrected chi connectivity index (χ2v) is 6.02. The van der Waals surface area contributed by atoms with Gasteiger partial charge in [0.2, 0.25) is 5.91 Å². The van der Waals surface area contributed by atoms with E-state index < -0.39 is 0 Å². The Morgan fingerprint density at radius 1 is 1.17 bits per heavy atom. The largest absolute Gasteiger partial charge is 0.488 e. The molecule has 24 heavy (non-hydrogen) atoms. The van der Waals surface area contributed by atoms with Crippen LogP contribution < -0.4 is 10.1 Å². The third kappa shape index (κ3) is 3.45. The number of benzene rings is 2. The molecule has 0 atom stereocenters. The molecule has 0 aliphatic carbocycles. The Morgan fingerprint density at radius 3 is 2.75 bits per heavy atom. The Bertz CT molecular complexity index is 907. The van der Waals surface area contributed by atoms with Crippen molar-refractivity contribution in [1.29, 1.82) is 0 Å². The average Bonchev–Trinajstić information content (AvgIpc) is 2.57. The van der Waals surface area contributed by atoms with E-state index in [0.717, 1.165) is 10.8 Å². The van der Waals surface area contributed by atoms with E-state index >= 15 is 0 Å². The molecular weight excluding hydrogens is 347 g/mol. The monoisotopic (exact) mass is 360 g/mol. The Kier molecular flexibility index (Phi) is 4.88. The van der Waals surface area contributed by atoms with Gasteiger partial charge in [-0.05, 0) is 24.3 Å². The first-order chi connectivity index (χ1) is 11.6. The summed E-state index contributed by atoms with van der Waals surface area (Å²) in [5.41, 5.74) is 1.10. The second-order valence-electron chi connectivity index (χ2n) is 5.21. The summed E-state index contributed by atoms with van der Waals surface area (Å²) in [6.45, 7) is 1.59. The Balaban J connectivity index is 1.94. The number of fused-ring (bicyclic) bond motifs is 1. The number of pyridine rings is 1. The third-order valence-electron chi connectivity index (χ3n) is 3.52. The first-order valence-corrected chi connectivity index (χ1v) is 8.02. The Hall–Kier alpha value is -2.30. The summed E-state index contributed by atoms with van der Waals surface area (Å²) in [6.07, 6.45) is 3.49. The molecule has 0 radical (unpaired) electrons. The first-order valence-electron chi connectivity index (χ1n) is 7.26. The van der Waals surface area contributed by atoms with Gasteiger partial charge in [-0.25, -0.2) is 0 Å². The molecule has 122 valence electrons. The number of nitrogens with zero attached hydrogens (tertiary/aromatic N) is 1. The average molecular weight is 361 g/mol. The van der Waals surface area contributed by atoms with E-state index in [-0.39, 0.29) is 12.5 Å². The quantitative estimate of drug-likeness (QED) is 0.705. The summed E-state index contributed by atoms with van der Waals surface area (Å²) in [7, 11) is 0. The molecule has 0 fully saturated rings. The van der Waals surface area contributed by atoms with E-state index in [2.05, 4.69) is 10.3 Å². The van der Waals surface area contributed by atoms with Gasteiger partial charge in [0.1, 0.15) is 12.4 Å². The van der Waals surface area contributed by atoms with E-state index in [1.54, 1.807) is 24.5 Å². The van der Waals surface area contributed by atoms with Crippen LogP contribution in [0.2, 0.25) is 10.0 Å². The summed E-state index contributed by atoms with van der Waals surface area (Å²) in [4.78, 5) is 15.5. The standard InChI is InChI=1S/C18H14Cl2N2O2/c1-11(23)22-18-14(15(19)5-6-16(18)20)10-24-17-4-2-3-12-9-21-8-7-13(12)17/h2-9H,10H2,1H3,(H,22,23). The number of rotatable bonds is 4. The zero-order valence-electron chi connectivity index (χ0n) is 12.8. The summed E-state index contributed by atoms with van der Waals surface area (Å²) in [5.74, 6) is 0.483. The van der Waals surface area contributed by atoms with Crippen LogP contribution in [0.5, 0.6) is 5.75 Å². The molecule has 3 aromatic rings. The number of amides is 1. The topological polar surface area (TPSA) is 51.2 Å². The molecule has 1 heterocycles. The van der Waals surface area contributed by atoms with Gasteiger partial charge in [0.15, 0.2) is 0 Å². The highest BCUT2D eigenvalue weighted by Gasteiger charge is 2.14. The zero-order chi connectivity index (χ0) is 17.1. The van der Waals surface area contributed by atoms with Crippen LogP contribution in [0.3, 0.4) is 0 Å². The van der Waals surface area contributed by atoms with Gasteiger partial charge in [-0.15, -0.1) is 0 Å². The highest BCUT2D eigenvalue weighted by molar-refractivity contribution is 6.36. The number of nitrogens with one attached hydrogen (secondary N) is 1. The lowest BCUT2D eigenvalue weighted by molar-refractivity contribution is -0.114. The number of carbonyl (C=O) groups excluding carboxylic acids is 1. The number of hydrogen-bond donors (Lipinski definition) is 1. The van der Waals surface area contributed by atoms with Crippen LogP contribution in [-0.2, 0) is 11.4 Å². The highest BCUT2D eigenvalue weighted by atomic mass is 35.5. The molecular formula is C18H14Cl2N2O2. The summed E-state index contributed by atoms with van der Waals surface area (Å²) in [5, 5.41) is 5.53. The Labute approximate surface area is 149 Å². The lowest BCUT2D eigenvalue weighted by Gasteiger charge is -2.15. The molecule has 0 unspecified atom stereocenters. The molecule has 0 saturated carbocycles.